The maximum Gasteiger partial charge on any atom is 0.150 e. The highest BCUT2D eigenvalue weighted by molar-refractivity contribution is 5.77. The minimum absolute atomic E-state index is 0.615. The molecule has 0 saturated heterocycles. The number of carbonyl (C=O) groups excluding carboxylic acids is 1. The molecule has 0 amide bonds. The number of hydrogen-bond donors (Lipinski definition) is 0. The van der Waals surface area contributed by atoms with E-state index in [0.717, 1.165) is 17.8 Å². The van der Waals surface area contributed by atoms with Crippen LogP contribution in [0.1, 0.15) is 73.7 Å². The third-order valence-corrected chi connectivity index (χ3v) is 4.38. The van der Waals surface area contributed by atoms with Gasteiger partial charge in [0.15, 0.2) is 0 Å². The summed E-state index contributed by atoms with van der Waals surface area (Å²) in [4.78, 5) is 11.1. The van der Waals surface area contributed by atoms with Gasteiger partial charge < -0.3 is 0 Å². The highest BCUT2D eigenvalue weighted by atomic mass is 16.1. The van der Waals surface area contributed by atoms with Crippen LogP contribution in [0.3, 0.4) is 0 Å². The Labute approximate surface area is 111 Å². The number of unbranched alkanes of at least 4 members (excludes halogenated alkanes) is 1. The first kappa shape index (κ1) is 13.3. The number of rotatable bonds is 5. The number of carbonyl (C=O) groups is 1. The first-order valence-corrected chi connectivity index (χ1v) is 7.39. The largest absolute Gasteiger partial charge is 0.298 e. The Morgan fingerprint density at radius 3 is 2.56 bits per heavy atom. The van der Waals surface area contributed by atoms with Crippen molar-refractivity contribution in [2.24, 2.45) is 5.92 Å². The molecule has 0 N–H and O–H groups in total. The molecule has 2 rings (SSSR count). The average molecular weight is 244 g/mol. The Morgan fingerprint density at radius 2 is 1.89 bits per heavy atom. The van der Waals surface area contributed by atoms with Gasteiger partial charge in [0.2, 0.25) is 0 Å². The molecule has 1 saturated carbocycles. The van der Waals surface area contributed by atoms with Gasteiger partial charge in [0.25, 0.3) is 0 Å². The molecule has 1 aliphatic rings. The van der Waals surface area contributed by atoms with E-state index < -0.39 is 0 Å². The van der Waals surface area contributed by atoms with Crippen LogP contribution in [0.15, 0.2) is 24.3 Å². The molecule has 18 heavy (non-hydrogen) atoms. The molecule has 0 unspecified atom stereocenters. The van der Waals surface area contributed by atoms with Crippen molar-refractivity contribution in [3.63, 3.8) is 0 Å². The lowest BCUT2D eigenvalue weighted by Gasteiger charge is -2.29. The van der Waals surface area contributed by atoms with Crippen molar-refractivity contribution in [3.05, 3.63) is 35.4 Å². The summed E-state index contributed by atoms with van der Waals surface area (Å²) in [6.45, 7) is 2.27. The second kappa shape index (κ2) is 6.72. The summed E-state index contributed by atoms with van der Waals surface area (Å²) in [5, 5.41) is 0. The number of benzene rings is 1. The Balaban J connectivity index is 1.95. The van der Waals surface area contributed by atoms with Gasteiger partial charge in [0.1, 0.15) is 6.29 Å². The Kier molecular flexibility index (Phi) is 4.98. The fourth-order valence-corrected chi connectivity index (χ4v) is 3.24. The van der Waals surface area contributed by atoms with Crippen LogP contribution in [0.4, 0.5) is 0 Å². The minimum atomic E-state index is 0.615. The lowest BCUT2D eigenvalue weighted by atomic mass is 9.76. The van der Waals surface area contributed by atoms with Crippen LogP contribution in [0, 0.1) is 5.92 Å². The third kappa shape index (κ3) is 3.22. The summed E-state index contributed by atoms with van der Waals surface area (Å²) in [5.41, 5.74) is 2.18. The van der Waals surface area contributed by atoms with Gasteiger partial charge in [-0.2, -0.15) is 0 Å². The minimum Gasteiger partial charge on any atom is -0.298 e. The van der Waals surface area contributed by atoms with Crippen LogP contribution < -0.4 is 0 Å². The number of aldehydes is 1. The lowest BCUT2D eigenvalue weighted by molar-refractivity contribution is 0.112. The zero-order chi connectivity index (χ0) is 12.8. The first-order valence-electron chi connectivity index (χ1n) is 7.39. The van der Waals surface area contributed by atoms with Crippen LogP contribution in [-0.2, 0) is 0 Å². The highest BCUT2D eigenvalue weighted by Crippen LogP contribution is 2.38. The van der Waals surface area contributed by atoms with E-state index in [0.29, 0.717) is 5.92 Å². The molecule has 1 aliphatic carbocycles. The highest BCUT2D eigenvalue weighted by Gasteiger charge is 2.23. The fourth-order valence-electron chi connectivity index (χ4n) is 3.24. The second-order valence-electron chi connectivity index (χ2n) is 5.61. The summed E-state index contributed by atoms with van der Waals surface area (Å²) in [7, 11) is 0. The van der Waals surface area contributed by atoms with E-state index >= 15 is 0 Å². The number of hydrogen-bond acceptors (Lipinski definition) is 1. The molecule has 0 aliphatic heterocycles. The summed E-state index contributed by atoms with van der Waals surface area (Å²) in [5.74, 6) is 1.55. The van der Waals surface area contributed by atoms with Gasteiger partial charge >= 0.3 is 0 Å². The van der Waals surface area contributed by atoms with Crippen molar-refractivity contribution in [1.82, 2.24) is 0 Å². The van der Waals surface area contributed by atoms with E-state index in [9.17, 15) is 4.79 Å². The molecule has 0 aromatic heterocycles. The zero-order valence-corrected chi connectivity index (χ0v) is 11.4. The standard InChI is InChI=1S/C17H24O/c1-2-3-6-14-9-11-15(12-10-14)17-8-5-4-7-16(17)13-18/h4-5,7-8,13-15H,2-3,6,9-12H2,1H3. The fraction of sp³-hybridized carbons (Fsp3) is 0.588. The molecule has 0 heterocycles. The van der Waals surface area contributed by atoms with Gasteiger partial charge in [-0.3, -0.25) is 4.79 Å². The first-order chi connectivity index (χ1) is 8.85. The van der Waals surface area contributed by atoms with E-state index in [-0.39, 0.29) is 0 Å². The zero-order valence-electron chi connectivity index (χ0n) is 11.4. The van der Waals surface area contributed by atoms with Gasteiger partial charge in [0, 0.05) is 5.56 Å². The molecule has 0 atom stereocenters. The summed E-state index contributed by atoms with van der Waals surface area (Å²) >= 11 is 0. The van der Waals surface area contributed by atoms with Crippen molar-refractivity contribution in [1.29, 1.82) is 0 Å². The van der Waals surface area contributed by atoms with Gasteiger partial charge in [-0.05, 0) is 43.1 Å². The molecule has 1 nitrogen and oxygen atoms in total. The maximum absolute atomic E-state index is 11.1. The van der Waals surface area contributed by atoms with Crippen LogP contribution in [0.2, 0.25) is 0 Å². The molecule has 1 fully saturated rings. The van der Waals surface area contributed by atoms with Crippen LogP contribution >= 0.6 is 0 Å². The van der Waals surface area contributed by atoms with Crippen molar-refractivity contribution in [3.8, 4) is 0 Å². The van der Waals surface area contributed by atoms with Crippen LogP contribution in [-0.4, -0.2) is 6.29 Å². The lowest BCUT2D eigenvalue weighted by Crippen LogP contribution is -2.14. The van der Waals surface area contributed by atoms with Crippen molar-refractivity contribution < 1.29 is 4.79 Å². The Bertz CT molecular complexity index is 375. The van der Waals surface area contributed by atoms with Crippen molar-refractivity contribution in [2.75, 3.05) is 0 Å². The molecule has 0 spiro atoms. The molecule has 98 valence electrons. The molecule has 1 aromatic carbocycles. The van der Waals surface area contributed by atoms with Gasteiger partial charge in [-0.15, -0.1) is 0 Å². The predicted octanol–water partition coefficient (Wildman–Crippen LogP) is 4.96. The van der Waals surface area contributed by atoms with E-state index in [2.05, 4.69) is 19.1 Å². The van der Waals surface area contributed by atoms with E-state index in [1.54, 1.807) is 0 Å². The normalized spacial score (nSPS) is 23.8. The van der Waals surface area contributed by atoms with E-state index in [1.165, 1.54) is 50.5 Å². The smallest absolute Gasteiger partial charge is 0.150 e. The topological polar surface area (TPSA) is 17.1 Å². The van der Waals surface area contributed by atoms with Crippen LogP contribution in [0.25, 0.3) is 0 Å². The van der Waals surface area contributed by atoms with Crippen molar-refractivity contribution >= 4 is 6.29 Å². The SMILES string of the molecule is CCCCC1CCC(c2ccccc2C=O)CC1. The second-order valence-corrected chi connectivity index (χ2v) is 5.61. The van der Waals surface area contributed by atoms with Gasteiger partial charge in [0.05, 0.1) is 0 Å². The Morgan fingerprint density at radius 1 is 1.17 bits per heavy atom. The molecule has 0 radical (unpaired) electrons. The Hall–Kier alpha value is -1.11. The van der Waals surface area contributed by atoms with Gasteiger partial charge in [-0.25, -0.2) is 0 Å². The maximum atomic E-state index is 11.1. The molecular formula is C17H24O. The molecule has 1 heteroatoms. The van der Waals surface area contributed by atoms with E-state index in [4.69, 9.17) is 0 Å². The summed E-state index contributed by atoms with van der Waals surface area (Å²) in [6, 6.07) is 8.11. The monoisotopic (exact) mass is 244 g/mol. The van der Waals surface area contributed by atoms with Crippen LogP contribution in [0.5, 0.6) is 0 Å². The molecular weight excluding hydrogens is 220 g/mol. The van der Waals surface area contributed by atoms with E-state index in [1.807, 2.05) is 12.1 Å². The quantitative estimate of drug-likeness (QED) is 0.669. The molecule has 0 bridgehead atoms. The average Bonchev–Trinajstić information content (AvgIpc) is 2.45. The summed E-state index contributed by atoms with van der Waals surface area (Å²) in [6.07, 6.45) is 10.3. The molecule has 1 aromatic rings. The van der Waals surface area contributed by atoms with Crippen molar-refractivity contribution in [2.45, 2.75) is 57.8 Å². The predicted molar refractivity (Wildman–Crippen MR) is 76.1 cm³/mol. The summed E-state index contributed by atoms with van der Waals surface area (Å²) < 4.78 is 0. The van der Waals surface area contributed by atoms with Gasteiger partial charge in [-0.1, -0.05) is 50.5 Å². The third-order valence-electron chi connectivity index (χ3n) is 4.38.